The Hall–Kier alpha value is -2.02. The van der Waals surface area contributed by atoms with Gasteiger partial charge in [-0.2, -0.15) is 11.8 Å². The van der Waals surface area contributed by atoms with Crippen LogP contribution < -0.4 is 10.6 Å². The molecule has 7 heteroatoms. The van der Waals surface area contributed by atoms with E-state index in [4.69, 9.17) is 0 Å². The highest BCUT2D eigenvalue weighted by Gasteiger charge is 2.24. The normalized spacial score (nSPS) is 13.9. The van der Waals surface area contributed by atoms with E-state index in [1.165, 1.54) is 35.4 Å². The van der Waals surface area contributed by atoms with Crippen LogP contribution in [0.3, 0.4) is 0 Å². The Kier molecular flexibility index (Phi) is 15.6. The summed E-state index contributed by atoms with van der Waals surface area (Å²) < 4.78 is 0. The zero-order valence-corrected chi connectivity index (χ0v) is 20.7. The molecule has 0 fully saturated rings. The van der Waals surface area contributed by atoms with Crippen molar-refractivity contribution in [2.24, 2.45) is 0 Å². The maximum absolute atomic E-state index is 12.2. The predicted octanol–water partition coefficient (Wildman–Crippen LogP) is 4.62. The van der Waals surface area contributed by atoms with E-state index in [1.54, 1.807) is 6.92 Å². The minimum absolute atomic E-state index is 0.269. The van der Waals surface area contributed by atoms with E-state index in [2.05, 4.69) is 56.6 Å². The van der Waals surface area contributed by atoms with E-state index >= 15 is 0 Å². The van der Waals surface area contributed by atoms with Gasteiger partial charge in [-0.1, -0.05) is 41.9 Å². The quantitative estimate of drug-likeness (QED) is 0.249. The van der Waals surface area contributed by atoms with Crippen molar-refractivity contribution >= 4 is 29.5 Å². The molecule has 0 radical (unpaired) electrons. The van der Waals surface area contributed by atoms with Gasteiger partial charge in [0.2, 0.25) is 11.8 Å². The molecule has 0 aliphatic carbocycles. The van der Waals surface area contributed by atoms with Crippen LogP contribution in [0.15, 0.2) is 34.9 Å². The molecule has 0 rings (SSSR count). The molecule has 6 nitrogen and oxygen atoms in total. The third-order valence-corrected chi connectivity index (χ3v) is 5.65. The first-order chi connectivity index (χ1) is 14.6. The minimum Gasteiger partial charge on any atom is -0.480 e. The molecule has 0 aliphatic rings. The SMILES string of the molecule is CCC(NC(C)=O)C(=O)NC(CSC/C=C(\C)CC/C=C(\C)CCC=C(C)C)C(=O)O. The molecule has 0 spiro atoms. The topological polar surface area (TPSA) is 95.5 Å². The number of nitrogens with one attached hydrogen (secondary N) is 2. The molecule has 0 saturated carbocycles. The van der Waals surface area contributed by atoms with Gasteiger partial charge in [-0.05, 0) is 59.8 Å². The zero-order valence-electron chi connectivity index (χ0n) is 19.9. The van der Waals surface area contributed by atoms with Crippen LogP contribution in [0.25, 0.3) is 0 Å². The van der Waals surface area contributed by atoms with Gasteiger partial charge in [0.25, 0.3) is 0 Å². The van der Waals surface area contributed by atoms with Crippen LogP contribution >= 0.6 is 11.8 Å². The van der Waals surface area contributed by atoms with Crippen LogP contribution in [0.1, 0.15) is 73.6 Å². The van der Waals surface area contributed by atoms with Gasteiger partial charge in [0.15, 0.2) is 0 Å². The van der Waals surface area contributed by atoms with E-state index in [1.807, 2.05) is 0 Å². The molecule has 176 valence electrons. The second-order valence-corrected chi connectivity index (χ2v) is 9.13. The van der Waals surface area contributed by atoms with Crippen molar-refractivity contribution in [3.05, 3.63) is 34.9 Å². The van der Waals surface area contributed by atoms with Gasteiger partial charge in [-0.3, -0.25) is 9.59 Å². The molecule has 31 heavy (non-hydrogen) atoms. The van der Waals surface area contributed by atoms with Crippen molar-refractivity contribution < 1.29 is 19.5 Å². The maximum Gasteiger partial charge on any atom is 0.327 e. The number of thioether (sulfide) groups is 1. The van der Waals surface area contributed by atoms with Crippen LogP contribution in [-0.4, -0.2) is 46.5 Å². The number of carbonyl (C=O) groups is 3. The molecule has 0 aromatic heterocycles. The summed E-state index contributed by atoms with van der Waals surface area (Å²) in [5.41, 5.74) is 4.03. The molecular weight excluding hydrogens is 412 g/mol. The number of hydrogen-bond donors (Lipinski definition) is 3. The van der Waals surface area contributed by atoms with Crippen molar-refractivity contribution in [3.8, 4) is 0 Å². The standard InChI is InChI=1S/C24H40N2O4S/c1-7-21(25-20(6)27)23(28)26-22(24(29)30)16-31-15-14-19(5)13-9-12-18(4)11-8-10-17(2)3/h10,12,14,21-22H,7-9,11,13,15-16H2,1-6H3,(H,25,27)(H,26,28)(H,29,30)/b18-12+,19-14+. The number of amides is 2. The van der Waals surface area contributed by atoms with Crippen molar-refractivity contribution in [3.63, 3.8) is 0 Å². The van der Waals surface area contributed by atoms with Crippen molar-refractivity contribution in [2.45, 2.75) is 85.7 Å². The van der Waals surface area contributed by atoms with Gasteiger partial charge in [-0.25, -0.2) is 4.79 Å². The fourth-order valence-corrected chi connectivity index (χ4v) is 3.77. The lowest BCUT2D eigenvalue weighted by atomic mass is 10.1. The minimum atomic E-state index is -1.08. The first-order valence-electron chi connectivity index (χ1n) is 10.9. The summed E-state index contributed by atoms with van der Waals surface area (Å²) >= 11 is 1.47. The number of hydrogen-bond acceptors (Lipinski definition) is 4. The van der Waals surface area contributed by atoms with Crippen molar-refractivity contribution in [2.75, 3.05) is 11.5 Å². The van der Waals surface area contributed by atoms with Crippen molar-refractivity contribution in [1.82, 2.24) is 10.6 Å². The van der Waals surface area contributed by atoms with E-state index in [0.717, 1.165) is 25.7 Å². The molecule has 0 heterocycles. The molecule has 3 N–H and O–H groups in total. The number of allylic oxidation sites excluding steroid dienone is 5. The van der Waals surface area contributed by atoms with Crippen molar-refractivity contribution in [1.29, 1.82) is 0 Å². The van der Waals surface area contributed by atoms with E-state index in [0.29, 0.717) is 12.2 Å². The van der Waals surface area contributed by atoms with Crippen LogP contribution in [-0.2, 0) is 14.4 Å². The molecule has 2 unspecified atom stereocenters. The van der Waals surface area contributed by atoms with Gasteiger partial charge in [0.1, 0.15) is 12.1 Å². The third-order valence-electron chi connectivity index (χ3n) is 4.67. The Balaban J connectivity index is 4.40. The van der Waals surface area contributed by atoms with Crippen LogP contribution in [0.4, 0.5) is 0 Å². The van der Waals surface area contributed by atoms with Crippen LogP contribution in [0.5, 0.6) is 0 Å². The Morgan fingerprint density at radius 2 is 1.45 bits per heavy atom. The van der Waals surface area contributed by atoms with E-state index < -0.39 is 24.0 Å². The van der Waals surface area contributed by atoms with Gasteiger partial charge in [0, 0.05) is 18.4 Å². The highest BCUT2D eigenvalue weighted by atomic mass is 32.2. The Bertz CT molecular complexity index is 679. The summed E-state index contributed by atoms with van der Waals surface area (Å²) in [6.07, 6.45) is 11.2. The smallest absolute Gasteiger partial charge is 0.327 e. The molecule has 0 aliphatic heterocycles. The number of aliphatic carboxylic acids is 1. The van der Waals surface area contributed by atoms with Gasteiger partial charge in [0.05, 0.1) is 0 Å². The summed E-state index contributed by atoms with van der Waals surface area (Å²) in [4.78, 5) is 34.9. The lowest BCUT2D eigenvalue weighted by Gasteiger charge is -2.19. The number of carboxylic acids is 1. The second-order valence-electron chi connectivity index (χ2n) is 8.06. The van der Waals surface area contributed by atoms with Gasteiger partial charge in [-0.15, -0.1) is 0 Å². The number of rotatable bonds is 15. The second kappa shape index (κ2) is 16.6. The Morgan fingerprint density at radius 1 is 0.871 bits per heavy atom. The van der Waals surface area contributed by atoms with Crippen LogP contribution in [0.2, 0.25) is 0 Å². The monoisotopic (exact) mass is 452 g/mol. The Labute approximate surface area is 192 Å². The largest absolute Gasteiger partial charge is 0.480 e. The summed E-state index contributed by atoms with van der Waals surface area (Å²) in [5, 5.41) is 14.4. The third kappa shape index (κ3) is 15.4. The Morgan fingerprint density at radius 3 is 1.97 bits per heavy atom. The average Bonchev–Trinajstić information content (AvgIpc) is 2.67. The lowest BCUT2D eigenvalue weighted by Crippen LogP contribution is -2.51. The maximum atomic E-state index is 12.2. The number of carbonyl (C=O) groups excluding carboxylic acids is 2. The molecule has 0 saturated heterocycles. The number of carboxylic acid groups (broad SMARTS) is 1. The average molecular weight is 453 g/mol. The fourth-order valence-electron chi connectivity index (χ4n) is 2.77. The first kappa shape index (κ1) is 29.0. The van der Waals surface area contributed by atoms with Gasteiger partial charge < -0.3 is 15.7 Å². The summed E-state index contributed by atoms with van der Waals surface area (Å²) in [6, 6.07) is -1.70. The highest BCUT2D eigenvalue weighted by Crippen LogP contribution is 2.13. The van der Waals surface area contributed by atoms with Gasteiger partial charge >= 0.3 is 5.97 Å². The summed E-state index contributed by atoms with van der Waals surface area (Å²) in [6.45, 7) is 11.6. The molecular formula is C24H40N2O4S. The summed E-state index contributed by atoms with van der Waals surface area (Å²) in [7, 11) is 0. The molecule has 2 atom stereocenters. The predicted molar refractivity (Wildman–Crippen MR) is 130 cm³/mol. The molecule has 0 aromatic rings. The zero-order chi connectivity index (χ0) is 23.8. The van der Waals surface area contributed by atoms with E-state index in [9.17, 15) is 19.5 Å². The van der Waals surface area contributed by atoms with E-state index in [-0.39, 0.29) is 11.7 Å². The lowest BCUT2D eigenvalue weighted by molar-refractivity contribution is -0.141. The first-order valence-corrected chi connectivity index (χ1v) is 12.0. The fraction of sp³-hybridized carbons (Fsp3) is 0.625. The summed E-state index contributed by atoms with van der Waals surface area (Å²) in [5.74, 6) is -0.901. The highest BCUT2D eigenvalue weighted by molar-refractivity contribution is 7.99. The molecule has 2 amide bonds. The molecule has 0 aromatic carbocycles. The molecule has 0 bridgehead atoms. The van der Waals surface area contributed by atoms with Crippen LogP contribution in [0, 0.1) is 0 Å².